The number of rotatable bonds is 14. The fourth-order valence-electron chi connectivity index (χ4n) is 9.19. The van der Waals surface area contributed by atoms with Crippen LogP contribution in [-0.4, -0.2) is 86.8 Å². The number of anilines is 3. The van der Waals surface area contributed by atoms with Crippen molar-refractivity contribution in [2.24, 2.45) is 11.3 Å². The highest BCUT2D eigenvalue weighted by Gasteiger charge is 2.31. The van der Waals surface area contributed by atoms with Gasteiger partial charge in [0.25, 0.3) is 21.6 Å². The molecule has 2 fully saturated rings. The van der Waals surface area contributed by atoms with Crippen molar-refractivity contribution >= 4 is 66.9 Å². The van der Waals surface area contributed by atoms with Crippen LogP contribution in [0.3, 0.4) is 0 Å². The number of hydrogen-bond acceptors (Lipinski definition) is 12. The van der Waals surface area contributed by atoms with Crippen molar-refractivity contribution in [3.05, 3.63) is 111 Å². The summed E-state index contributed by atoms with van der Waals surface area (Å²) in [5.41, 5.74) is 11.6. The highest BCUT2D eigenvalue weighted by Crippen LogP contribution is 2.44. The molecule has 5 N–H and O–H groups in total. The van der Waals surface area contributed by atoms with Crippen molar-refractivity contribution in [2.75, 3.05) is 62.3 Å². The highest BCUT2D eigenvalue weighted by molar-refractivity contribution is 7.90. The molecule has 4 aromatic carbocycles. The predicted molar refractivity (Wildman–Crippen MR) is 251 cm³/mol. The SMILES string of the molecule is COC1CCC(CNc2ccc(S(=O)(=O)NC(=O)c3ccc(N4CCN(CC5=C(c6ccc(Cl)cc6)CC(C)(C)CC5)CC4)cc3Oc3cccc4[nH]nc(N)c34)cc2[N+](=O)[O-])CC1. The standard InChI is InChI=1S/C47H55ClN8O7S/c1-47(2)20-19-32(38(27-47)31-9-11-33(48)12-10-31)29-54-21-23-55(24-22-54)34-13-17-37(43(25-34)63-42-6-4-5-40-44(42)45(49)52-51-40)46(57)53-64(60,61)36-16-18-39(41(26-36)56(58)59)50-28-30-7-14-35(62-3)15-8-30/h4-6,9-13,16-18,25-26,30,35,50H,7-8,14-15,19-24,27-29H2,1-3H3,(H,53,57)(H3,49,51,52). The van der Waals surface area contributed by atoms with Crippen LogP contribution in [0.25, 0.3) is 16.5 Å². The second kappa shape index (κ2) is 18.8. The van der Waals surface area contributed by atoms with E-state index >= 15 is 0 Å². The molecule has 2 heterocycles. The first-order valence-electron chi connectivity index (χ1n) is 21.8. The number of hydrogen-bond donors (Lipinski definition) is 4. The quantitative estimate of drug-likeness (QED) is 0.0610. The monoisotopic (exact) mass is 910 g/mol. The molecule has 0 unspecified atom stereocenters. The molecule has 15 nitrogen and oxygen atoms in total. The van der Waals surface area contributed by atoms with Crippen molar-refractivity contribution in [1.82, 2.24) is 19.8 Å². The molecule has 0 radical (unpaired) electrons. The number of nitrogens with two attached hydrogens (primary N) is 1. The lowest BCUT2D eigenvalue weighted by Crippen LogP contribution is -2.47. The minimum Gasteiger partial charge on any atom is -0.456 e. The van der Waals surface area contributed by atoms with Crippen molar-refractivity contribution in [3.63, 3.8) is 0 Å². The highest BCUT2D eigenvalue weighted by atomic mass is 35.5. The topological polar surface area (TPSA) is 198 Å². The summed E-state index contributed by atoms with van der Waals surface area (Å²) in [5.74, 6) is -0.0807. The van der Waals surface area contributed by atoms with Gasteiger partial charge in [-0.1, -0.05) is 49.2 Å². The smallest absolute Gasteiger partial charge is 0.293 e. The summed E-state index contributed by atoms with van der Waals surface area (Å²) in [6.45, 7) is 9.05. The Morgan fingerprint density at radius 3 is 2.47 bits per heavy atom. The minimum atomic E-state index is -4.59. The third-order valence-electron chi connectivity index (χ3n) is 13.0. The first kappa shape index (κ1) is 44.9. The molecule has 5 aromatic rings. The second-order valence-corrected chi connectivity index (χ2v) is 20.0. The summed E-state index contributed by atoms with van der Waals surface area (Å²) in [6, 6.07) is 22.0. The van der Waals surface area contributed by atoms with Crippen LogP contribution in [0.15, 0.2) is 89.3 Å². The number of nitrogens with zero attached hydrogens (tertiary/aromatic N) is 4. The van der Waals surface area contributed by atoms with Gasteiger partial charge in [-0.2, -0.15) is 5.10 Å². The zero-order valence-corrected chi connectivity index (χ0v) is 37.9. The van der Waals surface area contributed by atoms with Gasteiger partial charge in [0.05, 0.1) is 32.4 Å². The van der Waals surface area contributed by atoms with Gasteiger partial charge in [-0.15, -0.1) is 0 Å². The number of benzene rings is 4. The number of nitrogen functional groups attached to an aromatic ring is 1. The third-order valence-corrected chi connectivity index (χ3v) is 14.5. The maximum atomic E-state index is 14.0. The number of amides is 1. The number of nitro benzene ring substituents is 1. The molecule has 1 amide bonds. The fourth-order valence-corrected chi connectivity index (χ4v) is 10.3. The van der Waals surface area contributed by atoms with Crippen molar-refractivity contribution in [1.29, 1.82) is 0 Å². The van der Waals surface area contributed by atoms with Gasteiger partial charge in [-0.3, -0.25) is 24.9 Å². The number of methoxy groups -OCH3 is 1. The molecule has 3 aliphatic rings. The van der Waals surface area contributed by atoms with Gasteiger partial charge in [0.1, 0.15) is 17.2 Å². The number of nitrogens with one attached hydrogen (secondary N) is 3. The van der Waals surface area contributed by atoms with Gasteiger partial charge in [-0.25, -0.2) is 13.1 Å². The normalized spacial score (nSPS) is 19.4. The minimum absolute atomic E-state index is 0.0668. The number of aromatic nitrogens is 2. The van der Waals surface area contributed by atoms with E-state index in [9.17, 15) is 23.3 Å². The summed E-state index contributed by atoms with van der Waals surface area (Å²) in [6.07, 6.45) is 7.03. The lowest BCUT2D eigenvalue weighted by Gasteiger charge is -2.39. The Labute approximate surface area is 378 Å². The Morgan fingerprint density at radius 2 is 1.75 bits per heavy atom. The van der Waals surface area contributed by atoms with Crippen LogP contribution in [0.2, 0.25) is 5.02 Å². The van der Waals surface area contributed by atoms with Crippen LogP contribution < -0.4 is 25.4 Å². The number of sulfonamides is 1. The Morgan fingerprint density at radius 1 is 1.00 bits per heavy atom. The number of piperazine rings is 1. The van der Waals surface area contributed by atoms with Gasteiger partial charge >= 0.3 is 0 Å². The van der Waals surface area contributed by atoms with E-state index in [1.165, 1.54) is 34.9 Å². The number of carbonyl (C=O) groups excluding carboxylic acids is 1. The fraction of sp³-hybridized carbons (Fsp3) is 0.404. The second-order valence-electron chi connectivity index (χ2n) is 17.9. The summed E-state index contributed by atoms with van der Waals surface area (Å²) >= 11 is 6.25. The van der Waals surface area contributed by atoms with Gasteiger partial charge in [-0.05, 0) is 116 Å². The summed E-state index contributed by atoms with van der Waals surface area (Å²) < 4.78 is 41.6. The first-order valence-corrected chi connectivity index (χ1v) is 23.6. The van der Waals surface area contributed by atoms with E-state index in [2.05, 4.69) is 56.0 Å². The molecular formula is C47H55ClN8O7S. The zero-order chi connectivity index (χ0) is 45.2. The van der Waals surface area contributed by atoms with Crippen LogP contribution in [-0.2, 0) is 14.8 Å². The number of ether oxygens (including phenoxy) is 2. The third kappa shape index (κ3) is 10.1. The molecule has 0 bridgehead atoms. The molecule has 338 valence electrons. The van der Waals surface area contributed by atoms with Crippen molar-refractivity contribution in [3.8, 4) is 11.5 Å². The van der Waals surface area contributed by atoms with Crippen LogP contribution in [0.4, 0.5) is 22.9 Å². The van der Waals surface area contributed by atoms with Gasteiger partial charge < -0.3 is 25.4 Å². The molecule has 1 saturated heterocycles. The maximum absolute atomic E-state index is 14.0. The molecule has 2 aliphatic carbocycles. The van der Waals surface area contributed by atoms with Gasteiger partial charge in [0.2, 0.25) is 0 Å². The number of allylic oxidation sites excluding steroid dienone is 1. The Kier molecular flexibility index (Phi) is 13.2. The molecule has 1 aliphatic heterocycles. The van der Waals surface area contributed by atoms with E-state index in [1.54, 1.807) is 37.4 Å². The van der Waals surface area contributed by atoms with Crippen LogP contribution >= 0.6 is 11.6 Å². The molecular weight excluding hydrogens is 856 g/mol. The average Bonchev–Trinajstić information content (AvgIpc) is 3.67. The van der Waals surface area contributed by atoms with E-state index in [0.717, 1.165) is 81.4 Å². The number of aromatic amines is 1. The van der Waals surface area contributed by atoms with Crippen LogP contribution in [0.1, 0.15) is 74.7 Å². The average molecular weight is 912 g/mol. The Balaban J connectivity index is 1.01. The van der Waals surface area contributed by atoms with E-state index in [1.807, 2.05) is 12.1 Å². The lowest BCUT2D eigenvalue weighted by atomic mass is 9.72. The Hall–Kier alpha value is -5.68. The molecule has 64 heavy (non-hydrogen) atoms. The number of fused-ring (bicyclic) bond motifs is 1. The summed E-state index contributed by atoms with van der Waals surface area (Å²) in [7, 11) is -2.89. The molecule has 17 heteroatoms. The van der Waals surface area contributed by atoms with Gasteiger partial charge in [0.15, 0.2) is 5.82 Å². The largest absolute Gasteiger partial charge is 0.456 e. The summed E-state index contributed by atoms with van der Waals surface area (Å²) in [5, 5.41) is 23.5. The van der Waals surface area contributed by atoms with Crippen molar-refractivity contribution in [2.45, 2.75) is 69.8 Å². The molecule has 0 atom stereocenters. The molecule has 1 aromatic heterocycles. The first-order chi connectivity index (χ1) is 30.7. The van der Waals surface area contributed by atoms with E-state index < -0.39 is 31.4 Å². The lowest BCUT2D eigenvalue weighted by molar-refractivity contribution is -0.384. The molecule has 1 saturated carbocycles. The Bertz CT molecular complexity index is 2670. The van der Waals surface area contributed by atoms with Crippen LogP contribution in [0, 0.1) is 21.4 Å². The van der Waals surface area contributed by atoms with E-state index in [4.69, 9.17) is 26.8 Å². The number of halogens is 1. The van der Waals surface area contributed by atoms with E-state index in [-0.39, 0.29) is 34.3 Å². The number of H-pyrrole nitrogens is 1. The van der Waals surface area contributed by atoms with Crippen molar-refractivity contribution < 1.29 is 27.6 Å². The summed E-state index contributed by atoms with van der Waals surface area (Å²) in [4.78, 5) is 29.9. The predicted octanol–water partition coefficient (Wildman–Crippen LogP) is 9.02. The molecule has 0 spiro atoms. The maximum Gasteiger partial charge on any atom is 0.293 e. The van der Waals surface area contributed by atoms with Crippen LogP contribution in [0.5, 0.6) is 11.5 Å². The number of carbonyl (C=O) groups is 1. The molecule has 8 rings (SSSR count). The number of nitro groups is 1. The van der Waals surface area contributed by atoms with Gasteiger partial charge in [0, 0.05) is 69.2 Å². The van der Waals surface area contributed by atoms with E-state index in [0.29, 0.717) is 42.2 Å². The zero-order valence-electron chi connectivity index (χ0n) is 36.4.